The fraction of sp³-hybridized carbons (Fsp3) is 1.00. The van der Waals surface area contributed by atoms with E-state index in [2.05, 4.69) is 19.2 Å². The number of thioether (sulfide) groups is 1. The van der Waals surface area contributed by atoms with Gasteiger partial charge in [-0.3, -0.25) is 4.90 Å². The predicted molar refractivity (Wildman–Crippen MR) is 71.1 cm³/mol. The van der Waals surface area contributed by atoms with Crippen LogP contribution in [0.4, 0.5) is 13.2 Å². The number of likely N-dealkylation sites (tertiary alicyclic amines) is 1. The van der Waals surface area contributed by atoms with Crippen LogP contribution in [0, 0.1) is 0 Å². The highest BCUT2D eigenvalue weighted by Gasteiger charge is 2.32. The van der Waals surface area contributed by atoms with Crippen LogP contribution in [0.15, 0.2) is 0 Å². The van der Waals surface area contributed by atoms with E-state index in [0.29, 0.717) is 25.2 Å². The molecule has 1 N–H and O–H groups in total. The van der Waals surface area contributed by atoms with Crippen molar-refractivity contribution in [3.05, 3.63) is 0 Å². The molecular formula is C12H23F3N2S. The Bertz CT molecular complexity index is 228. The minimum atomic E-state index is -4.06. The van der Waals surface area contributed by atoms with Gasteiger partial charge < -0.3 is 5.32 Å². The van der Waals surface area contributed by atoms with Gasteiger partial charge in [-0.25, -0.2) is 0 Å². The number of rotatable bonds is 6. The van der Waals surface area contributed by atoms with Crippen molar-refractivity contribution in [2.24, 2.45) is 0 Å². The van der Waals surface area contributed by atoms with Crippen molar-refractivity contribution < 1.29 is 13.2 Å². The largest absolute Gasteiger partial charge is 0.401 e. The first-order chi connectivity index (χ1) is 8.40. The van der Waals surface area contributed by atoms with E-state index in [4.69, 9.17) is 0 Å². The van der Waals surface area contributed by atoms with Crippen LogP contribution >= 0.6 is 11.8 Å². The molecule has 18 heavy (non-hydrogen) atoms. The van der Waals surface area contributed by atoms with E-state index in [1.807, 2.05) is 11.8 Å². The van der Waals surface area contributed by atoms with Gasteiger partial charge in [0.05, 0.1) is 6.54 Å². The van der Waals surface area contributed by atoms with Gasteiger partial charge in [-0.2, -0.15) is 24.9 Å². The van der Waals surface area contributed by atoms with Gasteiger partial charge in [0.2, 0.25) is 0 Å². The Morgan fingerprint density at radius 1 is 1.33 bits per heavy atom. The molecule has 0 spiro atoms. The van der Waals surface area contributed by atoms with E-state index in [1.165, 1.54) is 4.90 Å². The van der Waals surface area contributed by atoms with E-state index in [0.717, 1.165) is 24.3 Å². The Morgan fingerprint density at radius 2 is 1.94 bits per heavy atom. The summed E-state index contributed by atoms with van der Waals surface area (Å²) in [5.41, 5.74) is 0. The quantitative estimate of drug-likeness (QED) is 0.807. The Morgan fingerprint density at radius 3 is 2.44 bits per heavy atom. The topological polar surface area (TPSA) is 15.3 Å². The van der Waals surface area contributed by atoms with Crippen LogP contribution in [0.1, 0.15) is 26.7 Å². The smallest absolute Gasteiger partial charge is 0.311 e. The van der Waals surface area contributed by atoms with Gasteiger partial charge in [-0.15, -0.1) is 0 Å². The number of hydrogen-bond acceptors (Lipinski definition) is 3. The number of nitrogens with zero attached hydrogens (tertiary/aromatic N) is 1. The van der Waals surface area contributed by atoms with Gasteiger partial charge in [0.15, 0.2) is 0 Å². The van der Waals surface area contributed by atoms with Gasteiger partial charge in [-0.05, 0) is 38.6 Å². The standard InChI is InChI=1S/C12H23F3N2S/c1-3-18-8-10(2)16-11-4-6-17(7-5-11)9-12(13,14)15/h10-11,16H,3-9H2,1-2H3. The first kappa shape index (κ1) is 16.1. The van der Waals surface area contributed by atoms with Crippen LogP contribution in [0.25, 0.3) is 0 Å². The lowest BCUT2D eigenvalue weighted by Gasteiger charge is -2.34. The Kier molecular flexibility index (Phi) is 6.81. The van der Waals surface area contributed by atoms with Crippen LogP contribution in [0.2, 0.25) is 0 Å². The molecule has 0 aliphatic carbocycles. The molecule has 6 heteroatoms. The maximum absolute atomic E-state index is 12.2. The average Bonchev–Trinajstić information content (AvgIpc) is 2.27. The predicted octanol–water partition coefficient (Wildman–Crippen LogP) is 2.74. The summed E-state index contributed by atoms with van der Waals surface area (Å²) in [6.45, 7) is 4.61. The number of nitrogens with one attached hydrogen (secondary N) is 1. The first-order valence-electron chi connectivity index (χ1n) is 6.53. The third-order valence-electron chi connectivity index (χ3n) is 3.08. The molecule has 0 bridgehead atoms. The molecule has 1 saturated heterocycles. The highest BCUT2D eigenvalue weighted by Crippen LogP contribution is 2.20. The number of piperidine rings is 1. The minimum Gasteiger partial charge on any atom is -0.311 e. The summed E-state index contributed by atoms with van der Waals surface area (Å²) in [5.74, 6) is 2.18. The van der Waals surface area contributed by atoms with Gasteiger partial charge in [0.1, 0.15) is 0 Å². The zero-order valence-corrected chi connectivity index (χ0v) is 11.9. The first-order valence-corrected chi connectivity index (χ1v) is 7.69. The average molecular weight is 284 g/mol. The minimum absolute atomic E-state index is 0.377. The molecule has 1 heterocycles. The summed E-state index contributed by atoms with van der Waals surface area (Å²) in [7, 11) is 0. The number of halogens is 3. The molecule has 2 nitrogen and oxygen atoms in total. The second-order valence-electron chi connectivity index (χ2n) is 4.89. The van der Waals surface area contributed by atoms with Crippen molar-refractivity contribution in [3.63, 3.8) is 0 Å². The van der Waals surface area contributed by atoms with Gasteiger partial charge in [-0.1, -0.05) is 6.92 Å². The Hall–Kier alpha value is 0.0600. The van der Waals surface area contributed by atoms with E-state index < -0.39 is 12.7 Å². The molecule has 0 aromatic heterocycles. The fourth-order valence-corrected chi connectivity index (χ4v) is 2.94. The zero-order chi connectivity index (χ0) is 13.6. The molecule has 1 rings (SSSR count). The molecule has 1 aliphatic rings. The molecule has 1 atom stereocenters. The Labute approximate surface area is 112 Å². The maximum atomic E-state index is 12.2. The molecule has 0 aromatic rings. The number of hydrogen-bond donors (Lipinski definition) is 1. The molecule has 1 aliphatic heterocycles. The van der Waals surface area contributed by atoms with E-state index >= 15 is 0 Å². The van der Waals surface area contributed by atoms with Crippen LogP contribution in [0.3, 0.4) is 0 Å². The van der Waals surface area contributed by atoms with E-state index in [9.17, 15) is 13.2 Å². The summed E-state index contributed by atoms with van der Waals surface area (Å²) in [6, 6.07) is 0.816. The highest BCUT2D eigenvalue weighted by molar-refractivity contribution is 7.99. The lowest BCUT2D eigenvalue weighted by Crippen LogP contribution is -2.48. The molecule has 0 radical (unpaired) electrons. The SMILES string of the molecule is CCSCC(C)NC1CCN(CC(F)(F)F)CC1. The second-order valence-corrected chi connectivity index (χ2v) is 6.21. The van der Waals surface area contributed by atoms with Crippen molar-refractivity contribution in [2.75, 3.05) is 31.1 Å². The van der Waals surface area contributed by atoms with Crippen molar-refractivity contribution in [3.8, 4) is 0 Å². The molecular weight excluding hydrogens is 261 g/mol. The number of alkyl halides is 3. The normalized spacial score (nSPS) is 21.2. The van der Waals surface area contributed by atoms with Crippen LogP contribution in [-0.4, -0.2) is 54.3 Å². The summed E-state index contributed by atoms with van der Waals surface area (Å²) in [5, 5.41) is 3.51. The second kappa shape index (κ2) is 7.60. The summed E-state index contributed by atoms with van der Waals surface area (Å²) >= 11 is 1.89. The van der Waals surface area contributed by atoms with Crippen LogP contribution in [0.5, 0.6) is 0 Å². The van der Waals surface area contributed by atoms with Crippen molar-refractivity contribution in [1.82, 2.24) is 10.2 Å². The summed E-state index contributed by atoms with van der Waals surface area (Å²) in [4.78, 5) is 1.50. The lowest BCUT2D eigenvalue weighted by molar-refractivity contribution is -0.148. The third-order valence-corrected chi connectivity index (χ3v) is 4.23. The molecule has 0 saturated carbocycles. The summed E-state index contributed by atoms with van der Waals surface area (Å²) in [6.07, 6.45) is -2.43. The summed E-state index contributed by atoms with van der Waals surface area (Å²) < 4.78 is 36.7. The van der Waals surface area contributed by atoms with Crippen molar-refractivity contribution >= 4 is 11.8 Å². The molecule has 0 amide bonds. The van der Waals surface area contributed by atoms with Gasteiger partial charge >= 0.3 is 6.18 Å². The van der Waals surface area contributed by atoms with Gasteiger partial charge in [0, 0.05) is 17.8 Å². The van der Waals surface area contributed by atoms with Crippen LogP contribution in [-0.2, 0) is 0 Å². The van der Waals surface area contributed by atoms with Gasteiger partial charge in [0.25, 0.3) is 0 Å². The van der Waals surface area contributed by atoms with Crippen molar-refractivity contribution in [2.45, 2.75) is 44.9 Å². The third kappa shape index (κ3) is 6.85. The Balaban J connectivity index is 2.19. The lowest BCUT2D eigenvalue weighted by atomic mass is 10.0. The maximum Gasteiger partial charge on any atom is 0.401 e. The van der Waals surface area contributed by atoms with E-state index in [-0.39, 0.29) is 0 Å². The van der Waals surface area contributed by atoms with E-state index in [1.54, 1.807) is 0 Å². The monoisotopic (exact) mass is 284 g/mol. The molecule has 0 aromatic carbocycles. The fourth-order valence-electron chi connectivity index (χ4n) is 2.26. The highest BCUT2D eigenvalue weighted by atomic mass is 32.2. The molecule has 108 valence electrons. The van der Waals surface area contributed by atoms with Crippen molar-refractivity contribution in [1.29, 1.82) is 0 Å². The molecule has 1 fully saturated rings. The van der Waals surface area contributed by atoms with Crippen LogP contribution < -0.4 is 5.32 Å². The zero-order valence-electron chi connectivity index (χ0n) is 11.1. The molecule has 1 unspecified atom stereocenters.